The van der Waals surface area contributed by atoms with Gasteiger partial charge in [-0.15, -0.1) is 0 Å². The smallest absolute Gasteiger partial charge is 0.271 e. The van der Waals surface area contributed by atoms with Crippen LogP contribution in [0.25, 0.3) is 0 Å². The molecule has 1 atom stereocenters. The fraction of sp³-hybridized carbons (Fsp3) is 0.143. The van der Waals surface area contributed by atoms with E-state index in [0.717, 1.165) is 6.07 Å². The Morgan fingerprint density at radius 3 is 2.29 bits per heavy atom. The Bertz CT molecular complexity index is 640. The summed E-state index contributed by atoms with van der Waals surface area (Å²) < 4.78 is 65.1. The lowest BCUT2D eigenvalue weighted by Crippen LogP contribution is -2.30. The second kappa shape index (κ2) is 5.79. The third-order valence-electron chi connectivity index (χ3n) is 2.98. The van der Waals surface area contributed by atoms with Gasteiger partial charge in [-0.05, 0) is 35.9 Å². The minimum Gasteiger partial charge on any atom is -0.271 e. The van der Waals surface area contributed by atoms with Crippen LogP contribution in [0.2, 0.25) is 0 Å². The lowest BCUT2D eigenvalue weighted by Gasteiger charge is -2.19. The highest BCUT2D eigenvalue weighted by molar-refractivity contribution is 5.36. The predicted octanol–water partition coefficient (Wildman–Crippen LogP) is 3.54. The van der Waals surface area contributed by atoms with Gasteiger partial charge in [-0.1, -0.05) is 12.1 Å². The number of alkyl halides is 3. The summed E-state index contributed by atoms with van der Waals surface area (Å²) in [5, 5.41) is 0. The molecule has 7 heteroatoms. The van der Waals surface area contributed by atoms with Gasteiger partial charge in [0.25, 0.3) is 0 Å². The van der Waals surface area contributed by atoms with Gasteiger partial charge in [-0.3, -0.25) is 5.84 Å². The average molecular weight is 302 g/mol. The summed E-state index contributed by atoms with van der Waals surface area (Å²) in [7, 11) is 0. The number of rotatable bonds is 3. The third kappa shape index (κ3) is 3.37. The first-order valence-corrected chi connectivity index (χ1v) is 5.91. The fourth-order valence-corrected chi connectivity index (χ4v) is 1.99. The van der Waals surface area contributed by atoms with Crippen LogP contribution in [0.3, 0.4) is 0 Å². The summed E-state index contributed by atoms with van der Waals surface area (Å²) in [4.78, 5) is 0. The molecule has 1 unspecified atom stereocenters. The topological polar surface area (TPSA) is 38.0 Å². The van der Waals surface area contributed by atoms with Crippen molar-refractivity contribution in [1.29, 1.82) is 0 Å². The molecule has 0 saturated heterocycles. The molecule has 0 fully saturated rings. The number of hydrogen-bond acceptors (Lipinski definition) is 2. The molecule has 2 aromatic carbocycles. The maximum atomic E-state index is 13.8. The van der Waals surface area contributed by atoms with Gasteiger partial charge < -0.3 is 0 Å². The first-order chi connectivity index (χ1) is 9.82. The Morgan fingerprint density at radius 2 is 1.71 bits per heavy atom. The summed E-state index contributed by atoms with van der Waals surface area (Å²) in [5.74, 6) is 3.83. The van der Waals surface area contributed by atoms with Crippen molar-refractivity contribution in [1.82, 2.24) is 5.43 Å². The van der Waals surface area contributed by atoms with Gasteiger partial charge in [0.2, 0.25) is 0 Å². The standard InChI is InChI=1S/C14H11F5N2/c15-10-3-1-2-8(6-10)13(21-20)11-7-9(14(17,18)19)4-5-12(11)16/h1-7,13,21H,20H2. The monoisotopic (exact) mass is 302 g/mol. The van der Waals surface area contributed by atoms with E-state index < -0.39 is 29.4 Å². The predicted molar refractivity (Wildman–Crippen MR) is 67.0 cm³/mol. The van der Waals surface area contributed by atoms with Crippen molar-refractivity contribution in [2.75, 3.05) is 0 Å². The molecule has 2 aromatic rings. The number of halogens is 5. The van der Waals surface area contributed by atoms with Crippen LogP contribution >= 0.6 is 0 Å². The highest BCUT2D eigenvalue weighted by atomic mass is 19.4. The van der Waals surface area contributed by atoms with Gasteiger partial charge in [0.05, 0.1) is 11.6 Å². The molecule has 21 heavy (non-hydrogen) atoms. The second-order valence-electron chi connectivity index (χ2n) is 4.39. The molecule has 0 bridgehead atoms. The maximum Gasteiger partial charge on any atom is 0.416 e. The zero-order chi connectivity index (χ0) is 15.6. The third-order valence-corrected chi connectivity index (χ3v) is 2.98. The van der Waals surface area contributed by atoms with Crippen LogP contribution < -0.4 is 11.3 Å². The minimum atomic E-state index is -4.61. The summed E-state index contributed by atoms with van der Waals surface area (Å²) >= 11 is 0. The van der Waals surface area contributed by atoms with E-state index in [1.165, 1.54) is 18.2 Å². The van der Waals surface area contributed by atoms with E-state index in [1.807, 2.05) is 0 Å². The zero-order valence-electron chi connectivity index (χ0n) is 10.6. The van der Waals surface area contributed by atoms with Crippen molar-refractivity contribution < 1.29 is 22.0 Å². The fourth-order valence-electron chi connectivity index (χ4n) is 1.99. The highest BCUT2D eigenvalue weighted by Crippen LogP contribution is 2.33. The van der Waals surface area contributed by atoms with Crippen molar-refractivity contribution in [3.8, 4) is 0 Å². The van der Waals surface area contributed by atoms with E-state index in [-0.39, 0.29) is 11.1 Å². The van der Waals surface area contributed by atoms with Crippen LogP contribution in [-0.2, 0) is 6.18 Å². The van der Waals surface area contributed by atoms with Crippen molar-refractivity contribution >= 4 is 0 Å². The highest BCUT2D eigenvalue weighted by Gasteiger charge is 2.32. The number of benzene rings is 2. The lowest BCUT2D eigenvalue weighted by atomic mass is 9.97. The number of hydrazine groups is 1. The molecule has 0 aliphatic carbocycles. The van der Waals surface area contributed by atoms with E-state index >= 15 is 0 Å². The van der Waals surface area contributed by atoms with E-state index in [0.29, 0.717) is 18.2 Å². The molecular weight excluding hydrogens is 291 g/mol. The molecule has 2 rings (SSSR count). The Labute approximate surface area is 117 Å². The Hall–Kier alpha value is -1.99. The minimum absolute atomic E-state index is 0.218. The van der Waals surface area contributed by atoms with Gasteiger partial charge in [0, 0.05) is 5.56 Å². The van der Waals surface area contributed by atoms with E-state index in [9.17, 15) is 22.0 Å². The van der Waals surface area contributed by atoms with E-state index in [4.69, 9.17) is 5.84 Å². The molecule has 0 heterocycles. The molecule has 0 amide bonds. The summed E-state index contributed by atoms with van der Waals surface area (Å²) in [6.07, 6.45) is -4.61. The molecule has 3 N–H and O–H groups in total. The number of nitrogens with one attached hydrogen (secondary N) is 1. The first kappa shape index (κ1) is 15.4. The van der Waals surface area contributed by atoms with Gasteiger partial charge in [-0.2, -0.15) is 13.2 Å². The molecule has 0 aliphatic rings. The molecule has 0 aliphatic heterocycles. The van der Waals surface area contributed by atoms with Crippen LogP contribution in [0.4, 0.5) is 22.0 Å². The molecule has 0 aromatic heterocycles. The summed E-state index contributed by atoms with van der Waals surface area (Å²) in [5.41, 5.74) is 1.11. The van der Waals surface area contributed by atoms with Gasteiger partial charge in [-0.25, -0.2) is 14.2 Å². The van der Waals surface area contributed by atoms with Crippen molar-refractivity contribution in [2.24, 2.45) is 5.84 Å². The average Bonchev–Trinajstić information content (AvgIpc) is 2.40. The molecule has 112 valence electrons. The van der Waals surface area contributed by atoms with Crippen molar-refractivity contribution in [3.63, 3.8) is 0 Å². The number of nitrogens with two attached hydrogens (primary N) is 1. The van der Waals surface area contributed by atoms with Gasteiger partial charge in [0.1, 0.15) is 11.6 Å². The van der Waals surface area contributed by atoms with Crippen molar-refractivity contribution in [2.45, 2.75) is 12.2 Å². The molecule has 0 saturated carbocycles. The van der Waals surface area contributed by atoms with E-state index in [1.54, 1.807) is 0 Å². The Kier molecular flexibility index (Phi) is 4.24. The largest absolute Gasteiger partial charge is 0.416 e. The quantitative estimate of drug-likeness (QED) is 0.517. The molecule has 0 spiro atoms. The number of hydrogen-bond donors (Lipinski definition) is 2. The first-order valence-electron chi connectivity index (χ1n) is 5.91. The SMILES string of the molecule is NNC(c1cccc(F)c1)c1cc(C(F)(F)F)ccc1F. The summed E-state index contributed by atoms with van der Waals surface area (Å²) in [6.45, 7) is 0. The van der Waals surface area contributed by atoms with Gasteiger partial charge >= 0.3 is 6.18 Å². The normalized spacial score (nSPS) is 13.2. The van der Waals surface area contributed by atoms with Gasteiger partial charge in [0.15, 0.2) is 0 Å². The van der Waals surface area contributed by atoms with Crippen LogP contribution in [0, 0.1) is 11.6 Å². The molecule has 0 radical (unpaired) electrons. The molecular formula is C14H11F5N2. The van der Waals surface area contributed by atoms with Crippen LogP contribution in [0.15, 0.2) is 42.5 Å². The van der Waals surface area contributed by atoms with Crippen molar-refractivity contribution in [3.05, 3.63) is 70.8 Å². The molecule has 2 nitrogen and oxygen atoms in total. The van der Waals surface area contributed by atoms with Crippen LogP contribution in [0.1, 0.15) is 22.7 Å². The van der Waals surface area contributed by atoms with Crippen LogP contribution in [0.5, 0.6) is 0 Å². The zero-order valence-corrected chi connectivity index (χ0v) is 10.6. The summed E-state index contributed by atoms with van der Waals surface area (Å²) in [6, 6.07) is 5.95. The van der Waals surface area contributed by atoms with Crippen LogP contribution in [-0.4, -0.2) is 0 Å². The Balaban J connectivity index is 2.52. The Morgan fingerprint density at radius 1 is 1.00 bits per heavy atom. The van der Waals surface area contributed by atoms with E-state index in [2.05, 4.69) is 5.43 Å². The maximum absolute atomic E-state index is 13.8. The lowest BCUT2D eigenvalue weighted by molar-refractivity contribution is -0.137. The second-order valence-corrected chi connectivity index (χ2v) is 4.39.